The standard InChI is InChI=1S/C19H25O3/c1-3-20-12-16-9-5-7-14-11-15-8-6-10-17(13-21-4-2)19(15)22-18(14)16/h11-13H,3-10H2,1-2H3/q+1/b16-12+,17-13?. The smallest absolute Gasteiger partial charge is 0.363 e. The average molecular weight is 301 g/mol. The van der Waals surface area contributed by atoms with Crippen molar-refractivity contribution in [3.05, 3.63) is 41.2 Å². The Morgan fingerprint density at radius 3 is 1.82 bits per heavy atom. The molecule has 0 atom stereocenters. The summed E-state index contributed by atoms with van der Waals surface area (Å²) in [5.74, 6) is 2.03. The molecule has 22 heavy (non-hydrogen) atoms. The zero-order chi connectivity index (χ0) is 15.4. The van der Waals surface area contributed by atoms with Crippen LogP contribution in [0.15, 0.2) is 23.0 Å². The van der Waals surface area contributed by atoms with Crippen LogP contribution in [0.3, 0.4) is 0 Å². The van der Waals surface area contributed by atoms with Crippen LogP contribution in [-0.2, 0) is 22.3 Å². The normalized spacial score (nSPS) is 20.6. The van der Waals surface area contributed by atoms with Gasteiger partial charge in [0.05, 0.1) is 48.0 Å². The summed E-state index contributed by atoms with van der Waals surface area (Å²) in [7, 11) is 0. The Hall–Kier alpha value is -1.77. The summed E-state index contributed by atoms with van der Waals surface area (Å²) in [6.07, 6.45) is 10.3. The first-order chi connectivity index (χ1) is 10.8. The third kappa shape index (κ3) is 3.03. The van der Waals surface area contributed by atoms with Crippen LogP contribution < -0.4 is 0 Å². The van der Waals surface area contributed by atoms with Crippen molar-refractivity contribution in [1.29, 1.82) is 0 Å². The van der Waals surface area contributed by atoms with E-state index in [1.54, 1.807) is 0 Å². The molecule has 1 aromatic heterocycles. The van der Waals surface area contributed by atoms with Gasteiger partial charge in [-0.15, -0.1) is 0 Å². The number of hydrogen-bond acceptors (Lipinski definition) is 2. The topological polar surface area (TPSA) is 29.8 Å². The predicted octanol–water partition coefficient (Wildman–Crippen LogP) is 4.99. The van der Waals surface area contributed by atoms with E-state index in [2.05, 4.69) is 6.07 Å². The lowest BCUT2D eigenvalue weighted by Gasteiger charge is -2.16. The van der Waals surface area contributed by atoms with Gasteiger partial charge in [0.2, 0.25) is 0 Å². The first-order valence-corrected chi connectivity index (χ1v) is 8.44. The molecule has 0 aromatic carbocycles. The van der Waals surface area contributed by atoms with Crippen molar-refractivity contribution in [2.75, 3.05) is 13.2 Å². The minimum absolute atomic E-state index is 0.694. The van der Waals surface area contributed by atoms with Crippen LogP contribution in [0, 0.1) is 0 Å². The Labute approximate surface area is 132 Å². The van der Waals surface area contributed by atoms with Crippen LogP contribution in [0.25, 0.3) is 11.1 Å². The Kier molecular flexibility index (Phi) is 4.81. The van der Waals surface area contributed by atoms with Crippen molar-refractivity contribution < 1.29 is 13.9 Å². The molecule has 0 fully saturated rings. The highest BCUT2D eigenvalue weighted by atomic mass is 16.5. The SMILES string of the molecule is CCOC=C1CCCc2cc3c([o+]c21)/C(=C/OCC)CCC3. The van der Waals surface area contributed by atoms with E-state index in [1.807, 2.05) is 26.4 Å². The van der Waals surface area contributed by atoms with Crippen molar-refractivity contribution in [2.45, 2.75) is 52.4 Å². The first kappa shape index (κ1) is 15.1. The average Bonchev–Trinajstić information content (AvgIpc) is 2.56. The van der Waals surface area contributed by atoms with Crippen LogP contribution in [0.5, 0.6) is 0 Å². The van der Waals surface area contributed by atoms with Gasteiger partial charge < -0.3 is 9.47 Å². The predicted molar refractivity (Wildman–Crippen MR) is 88.2 cm³/mol. The second kappa shape index (κ2) is 6.99. The van der Waals surface area contributed by atoms with Crippen LogP contribution in [0.1, 0.15) is 62.2 Å². The summed E-state index contributed by atoms with van der Waals surface area (Å²) in [5, 5.41) is 0. The lowest BCUT2D eigenvalue weighted by molar-refractivity contribution is 0.268. The molecule has 0 aliphatic heterocycles. The summed E-state index contributed by atoms with van der Waals surface area (Å²) < 4.78 is 17.4. The number of hydrogen-bond donors (Lipinski definition) is 0. The van der Waals surface area contributed by atoms with E-state index in [0.29, 0.717) is 13.2 Å². The molecule has 0 saturated carbocycles. The van der Waals surface area contributed by atoms with Crippen LogP contribution in [-0.4, -0.2) is 13.2 Å². The second-order valence-corrected chi connectivity index (χ2v) is 5.86. The largest absolute Gasteiger partial charge is 0.501 e. The molecular formula is C19H25O3+. The Morgan fingerprint density at radius 2 is 1.36 bits per heavy atom. The van der Waals surface area contributed by atoms with E-state index in [4.69, 9.17) is 13.9 Å². The molecule has 0 spiro atoms. The molecule has 1 heterocycles. The second-order valence-electron chi connectivity index (χ2n) is 5.86. The quantitative estimate of drug-likeness (QED) is 0.580. The van der Waals surface area contributed by atoms with Gasteiger partial charge in [0.1, 0.15) is 0 Å². The van der Waals surface area contributed by atoms with Crippen molar-refractivity contribution >= 4 is 11.1 Å². The number of aryl methyl sites for hydroxylation is 2. The zero-order valence-electron chi connectivity index (χ0n) is 13.6. The highest BCUT2D eigenvalue weighted by Crippen LogP contribution is 2.38. The highest BCUT2D eigenvalue weighted by Gasteiger charge is 2.33. The molecule has 3 rings (SSSR count). The van der Waals surface area contributed by atoms with E-state index in [9.17, 15) is 0 Å². The molecule has 0 saturated heterocycles. The van der Waals surface area contributed by atoms with Crippen molar-refractivity contribution in [2.24, 2.45) is 0 Å². The van der Waals surface area contributed by atoms with Crippen LogP contribution >= 0.6 is 0 Å². The fourth-order valence-electron chi connectivity index (χ4n) is 3.25. The molecule has 0 bridgehead atoms. The van der Waals surface area contributed by atoms with Gasteiger partial charge in [-0.2, -0.15) is 0 Å². The fraction of sp³-hybridized carbons (Fsp3) is 0.526. The molecule has 0 radical (unpaired) electrons. The number of rotatable bonds is 4. The molecule has 118 valence electrons. The summed E-state index contributed by atoms with van der Waals surface area (Å²) >= 11 is 0. The maximum Gasteiger partial charge on any atom is 0.363 e. The van der Waals surface area contributed by atoms with Crippen molar-refractivity contribution in [1.82, 2.24) is 0 Å². The Bertz CT molecular complexity index is 550. The number of allylic oxidation sites excluding steroid dienone is 2. The third-order valence-electron chi connectivity index (χ3n) is 4.29. The monoisotopic (exact) mass is 301 g/mol. The maximum absolute atomic E-state index is 6.35. The van der Waals surface area contributed by atoms with Crippen LogP contribution in [0.2, 0.25) is 0 Å². The van der Waals surface area contributed by atoms with Gasteiger partial charge in [-0.05, 0) is 58.4 Å². The summed E-state index contributed by atoms with van der Waals surface area (Å²) in [4.78, 5) is 0. The highest BCUT2D eigenvalue weighted by molar-refractivity contribution is 5.70. The van der Waals surface area contributed by atoms with E-state index in [1.165, 1.54) is 35.1 Å². The van der Waals surface area contributed by atoms with E-state index < -0.39 is 0 Å². The molecule has 0 amide bonds. The van der Waals surface area contributed by atoms with Gasteiger partial charge in [0.25, 0.3) is 0 Å². The van der Waals surface area contributed by atoms with Gasteiger partial charge in [0, 0.05) is 0 Å². The summed E-state index contributed by atoms with van der Waals surface area (Å²) in [5.41, 5.74) is 5.03. The fourth-order valence-corrected chi connectivity index (χ4v) is 3.25. The first-order valence-electron chi connectivity index (χ1n) is 8.44. The van der Waals surface area contributed by atoms with Gasteiger partial charge in [-0.3, -0.25) is 0 Å². The molecule has 2 aliphatic carbocycles. The van der Waals surface area contributed by atoms with Gasteiger partial charge in [0.15, 0.2) is 0 Å². The maximum atomic E-state index is 6.35. The number of ether oxygens (including phenoxy) is 2. The van der Waals surface area contributed by atoms with Crippen LogP contribution in [0.4, 0.5) is 0 Å². The van der Waals surface area contributed by atoms with Crippen molar-refractivity contribution in [3.63, 3.8) is 0 Å². The molecule has 0 N–H and O–H groups in total. The lowest BCUT2D eigenvalue weighted by atomic mass is 9.87. The minimum Gasteiger partial charge on any atom is -0.501 e. The number of fused-ring (bicyclic) bond motifs is 2. The van der Waals surface area contributed by atoms with Gasteiger partial charge in [-0.25, -0.2) is 4.42 Å². The molecular weight excluding hydrogens is 276 g/mol. The molecule has 1 aromatic rings. The van der Waals surface area contributed by atoms with Gasteiger partial charge >= 0.3 is 11.5 Å². The third-order valence-corrected chi connectivity index (χ3v) is 4.29. The van der Waals surface area contributed by atoms with E-state index in [0.717, 1.165) is 37.2 Å². The summed E-state index contributed by atoms with van der Waals surface area (Å²) in [6.45, 7) is 5.40. The van der Waals surface area contributed by atoms with E-state index in [-0.39, 0.29) is 0 Å². The molecule has 3 heteroatoms. The minimum atomic E-state index is 0.694. The zero-order valence-corrected chi connectivity index (χ0v) is 13.6. The Balaban J connectivity index is 2.02. The molecule has 3 nitrogen and oxygen atoms in total. The molecule has 0 unspecified atom stereocenters. The Morgan fingerprint density at radius 1 is 0.864 bits per heavy atom. The molecule has 2 aliphatic rings. The van der Waals surface area contributed by atoms with E-state index >= 15 is 0 Å². The summed E-state index contributed by atoms with van der Waals surface area (Å²) in [6, 6.07) is 2.34. The lowest BCUT2D eigenvalue weighted by Crippen LogP contribution is -2.09. The van der Waals surface area contributed by atoms with Gasteiger partial charge in [-0.1, -0.05) is 0 Å². The van der Waals surface area contributed by atoms with Crippen molar-refractivity contribution in [3.8, 4) is 0 Å².